The average Bonchev–Trinajstić information content (AvgIpc) is 2.75. The molecule has 0 aliphatic carbocycles. The molecule has 3 N–H and O–H groups in total. The van der Waals surface area contributed by atoms with Crippen LogP contribution in [-0.2, 0) is 10.0 Å². The summed E-state index contributed by atoms with van der Waals surface area (Å²) in [5, 5.41) is 6.31. The van der Waals surface area contributed by atoms with E-state index in [0.717, 1.165) is 29.1 Å². The fourth-order valence-electron chi connectivity index (χ4n) is 3.12. The van der Waals surface area contributed by atoms with Gasteiger partial charge in [0.05, 0.1) is 4.90 Å². The molecule has 0 radical (unpaired) electrons. The Morgan fingerprint density at radius 2 is 1.26 bits per heavy atom. The molecular formula is C24H21F2N5O2S. The van der Waals surface area contributed by atoms with Gasteiger partial charge in [-0.25, -0.2) is 22.2 Å². The Kier molecular flexibility index (Phi) is 6.42. The van der Waals surface area contributed by atoms with Gasteiger partial charge in [0.25, 0.3) is 10.0 Å². The average molecular weight is 482 g/mol. The molecule has 7 nitrogen and oxygen atoms in total. The third-order valence-corrected chi connectivity index (χ3v) is 6.08. The van der Waals surface area contributed by atoms with Gasteiger partial charge in [-0.2, -0.15) is 4.98 Å². The zero-order valence-electron chi connectivity index (χ0n) is 18.3. The van der Waals surface area contributed by atoms with Crippen LogP contribution in [0.1, 0.15) is 11.3 Å². The highest BCUT2D eigenvalue weighted by Crippen LogP contribution is 2.23. The number of anilines is 5. The van der Waals surface area contributed by atoms with Gasteiger partial charge in [-0.1, -0.05) is 17.7 Å². The van der Waals surface area contributed by atoms with Gasteiger partial charge in [0.2, 0.25) is 5.95 Å². The lowest BCUT2D eigenvalue weighted by atomic mass is 10.2. The Balaban J connectivity index is 1.47. The first-order chi connectivity index (χ1) is 16.2. The Morgan fingerprint density at radius 3 is 1.91 bits per heavy atom. The van der Waals surface area contributed by atoms with Gasteiger partial charge in [-0.15, -0.1) is 0 Å². The number of rotatable bonds is 7. The maximum Gasteiger partial charge on any atom is 0.262 e. The molecule has 0 fully saturated rings. The van der Waals surface area contributed by atoms with Crippen molar-refractivity contribution in [3.63, 3.8) is 0 Å². The van der Waals surface area contributed by atoms with Gasteiger partial charge in [-0.3, -0.25) is 4.72 Å². The summed E-state index contributed by atoms with van der Waals surface area (Å²) < 4.78 is 54.0. The predicted molar refractivity (Wildman–Crippen MR) is 128 cm³/mol. The van der Waals surface area contributed by atoms with E-state index in [-0.39, 0.29) is 5.69 Å². The second kappa shape index (κ2) is 9.44. The maximum absolute atomic E-state index is 13.4. The summed E-state index contributed by atoms with van der Waals surface area (Å²) in [4.78, 5) is 8.36. The molecular weight excluding hydrogens is 460 g/mol. The van der Waals surface area contributed by atoms with E-state index in [0.29, 0.717) is 23.5 Å². The molecule has 0 aliphatic heterocycles. The first kappa shape index (κ1) is 23.1. The van der Waals surface area contributed by atoms with Crippen LogP contribution in [0.3, 0.4) is 0 Å². The lowest BCUT2D eigenvalue weighted by Gasteiger charge is -2.12. The van der Waals surface area contributed by atoms with Crippen molar-refractivity contribution in [2.75, 3.05) is 15.4 Å². The zero-order chi connectivity index (χ0) is 24.3. The fourth-order valence-corrected chi connectivity index (χ4v) is 4.22. The molecule has 174 valence electrons. The topological polar surface area (TPSA) is 96.0 Å². The summed E-state index contributed by atoms with van der Waals surface area (Å²) in [5.74, 6) is -0.976. The molecule has 4 rings (SSSR count). The highest BCUT2D eigenvalue weighted by molar-refractivity contribution is 7.92. The van der Waals surface area contributed by atoms with E-state index < -0.39 is 26.6 Å². The van der Waals surface area contributed by atoms with E-state index in [4.69, 9.17) is 0 Å². The molecule has 0 aliphatic rings. The van der Waals surface area contributed by atoms with E-state index in [9.17, 15) is 17.2 Å². The van der Waals surface area contributed by atoms with Gasteiger partial charge in [0.1, 0.15) is 17.5 Å². The standard InChI is InChI=1S/C24H21F2N5O2S/c1-15-3-5-20(6-4-15)29-24-27-16(2)11-23(30-24)28-19-7-9-21(10-8-19)31-34(32,33)22-13-17(25)12-18(26)14-22/h3-14,31H,1-2H3,(H2,27,28,29,30). The van der Waals surface area contributed by atoms with Crippen molar-refractivity contribution in [1.29, 1.82) is 0 Å². The predicted octanol–water partition coefficient (Wildman–Crippen LogP) is 5.66. The number of aromatic nitrogens is 2. The molecule has 0 bridgehead atoms. The van der Waals surface area contributed by atoms with Crippen molar-refractivity contribution >= 4 is 38.9 Å². The Labute approximate surface area is 196 Å². The van der Waals surface area contributed by atoms with Crippen LogP contribution in [0.25, 0.3) is 0 Å². The fraction of sp³-hybridized carbons (Fsp3) is 0.0833. The summed E-state index contributed by atoms with van der Waals surface area (Å²) in [6.45, 7) is 3.85. The molecule has 0 saturated heterocycles. The Bertz CT molecular complexity index is 1410. The third-order valence-electron chi connectivity index (χ3n) is 4.72. The SMILES string of the molecule is Cc1ccc(Nc2nc(C)cc(Nc3ccc(NS(=O)(=O)c4cc(F)cc(F)c4)cc3)n2)cc1. The van der Waals surface area contributed by atoms with Gasteiger partial charge in [0.15, 0.2) is 0 Å². The van der Waals surface area contributed by atoms with Crippen molar-refractivity contribution in [3.05, 3.63) is 95.7 Å². The summed E-state index contributed by atoms with van der Waals surface area (Å²) in [6, 6.07) is 18.1. The first-order valence-electron chi connectivity index (χ1n) is 10.2. The summed E-state index contributed by atoms with van der Waals surface area (Å²) in [5.41, 5.74) is 3.64. The van der Waals surface area contributed by atoms with Crippen LogP contribution in [0.5, 0.6) is 0 Å². The number of nitrogens with one attached hydrogen (secondary N) is 3. The Hall–Kier alpha value is -4.05. The van der Waals surface area contributed by atoms with Crippen LogP contribution >= 0.6 is 0 Å². The third kappa shape index (κ3) is 5.84. The smallest absolute Gasteiger partial charge is 0.262 e. The first-order valence-corrected chi connectivity index (χ1v) is 11.7. The molecule has 34 heavy (non-hydrogen) atoms. The van der Waals surface area contributed by atoms with Crippen molar-refractivity contribution in [3.8, 4) is 0 Å². The highest BCUT2D eigenvalue weighted by atomic mass is 32.2. The molecule has 10 heteroatoms. The molecule has 0 spiro atoms. The van der Waals surface area contributed by atoms with Crippen LogP contribution in [0.4, 0.5) is 37.6 Å². The van der Waals surface area contributed by atoms with E-state index in [1.165, 1.54) is 12.1 Å². The number of halogens is 2. The molecule has 3 aromatic carbocycles. The minimum Gasteiger partial charge on any atom is -0.340 e. The molecule has 0 amide bonds. The van der Waals surface area contributed by atoms with E-state index in [2.05, 4.69) is 25.3 Å². The van der Waals surface area contributed by atoms with E-state index in [1.54, 1.807) is 18.2 Å². The largest absolute Gasteiger partial charge is 0.340 e. The quantitative estimate of drug-likeness (QED) is 0.315. The molecule has 0 saturated carbocycles. The molecule has 4 aromatic rings. The number of aryl methyl sites for hydroxylation is 2. The van der Waals surface area contributed by atoms with Gasteiger partial charge in [-0.05, 0) is 62.4 Å². The van der Waals surface area contributed by atoms with Gasteiger partial charge in [0, 0.05) is 34.9 Å². The second-order valence-corrected chi connectivity index (χ2v) is 9.30. The van der Waals surface area contributed by atoms with E-state index in [1.807, 2.05) is 38.1 Å². The molecule has 1 aromatic heterocycles. The van der Waals surface area contributed by atoms with Crippen LogP contribution in [0.2, 0.25) is 0 Å². The van der Waals surface area contributed by atoms with E-state index >= 15 is 0 Å². The van der Waals surface area contributed by atoms with Gasteiger partial charge >= 0.3 is 0 Å². The monoisotopic (exact) mass is 481 g/mol. The Morgan fingerprint density at radius 1 is 0.706 bits per heavy atom. The maximum atomic E-state index is 13.4. The lowest BCUT2D eigenvalue weighted by Crippen LogP contribution is -2.13. The number of sulfonamides is 1. The van der Waals surface area contributed by atoms with Crippen LogP contribution < -0.4 is 15.4 Å². The summed E-state index contributed by atoms with van der Waals surface area (Å²) >= 11 is 0. The molecule has 0 unspecified atom stereocenters. The minimum atomic E-state index is -4.15. The number of hydrogen-bond acceptors (Lipinski definition) is 6. The molecule has 0 atom stereocenters. The van der Waals surface area contributed by atoms with Gasteiger partial charge < -0.3 is 10.6 Å². The summed E-state index contributed by atoms with van der Waals surface area (Å²) in [7, 11) is -4.15. The normalized spacial score (nSPS) is 11.2. The van der Waals surface area contributed by atoms with Crippen molar-refractivity contribution in [1.82, 2.24) is 9.97 Å². The number of hydrogen-bond donors (Lipinski definition) is 3. The summed E-state index contributed by atoms with van der Waals surface area (Å²) in [6.07, 6.45) is 0. The number of benzene rings is 3. The van der Waals surface area contributed by atoms with Crippen molar-refractivity contribution in [2.45, 2.75) is 18.7 Å². The second-order valence-electron chi connectivity index (χ2n) is 7.62. The van der Waals surface area contributed by atoms with Crippen LogP contribution in [0.15, 0.2) is 77.7 Å². The van der Waals surface area contributed by atoms with Crippen molar-refractivity contribution in [2.24, 2.45) is 0 Å². The van der Waals surface area contributed by atoms with Crippen LogP contribution in [0, 0.1) is 25.5 Å². The minimum absolute atomic E-state index is 0.232. The lowest BCUT2D eigenvalue weighted by molar-refractivity contribution is 0.568. The van der Waals surface area contributed by atoms with Crippen molar-refractivity contribution < 1.29 is 17.2 Å². The molecule has 1 heterocycles. The zero-order valence-corrected chi connectivity index (χ0v) is 19.1. The van der Waals surface area contributed by atoms with Crippen LogP contribution in [-0.4, -0.2) is 18.4 Å². The highest BCUT2D eigenvalue weighted by Gasteiger charge is 2.16. The number of nitrogens with zero attached hydrogens (tertiary/aromatic N) is 2.